The number of carbonyl (C=O) groups is 1. The third kappa shape index (κ3) is 5.35. The van der Waals surface area contributed by atoms with Crippen LogP contribution in [0.5, 0.6) is 5.75 Å². The van der Waals surface area contributed by atoms with Crippen molar-refractivity contribution in [3.8, 4) is 5.75 Å². The predicted octanol–water partition coefficient (Wildman–Crippen LogP) is 5.32. The van der Waals surface area contributed by atoms with Gasteiger partial charge < -0.3 is 9.64 Å². The summed E-state index contributed by atoms with van der Waals surface area (Å²) in [6.45, 7) is 7.96. The molecule has 1 amide bonds. The van der Waals surface area contributed by atoms with Crippen molar-refractivity contribution < 1.29 is 9.53 Å². The van der Waals surface area contributed by atoms with Gasteiger partial charge >= 0.3 is 0 Å². The molecule has 0 spiro atoms. The molecule has 1 heterocycles. The van der Waals surface area contributed by atoms with E-state index >= 15 is 0 Å². The summed E-state index contributed by atoms with van der Waals surface area (Å²) in [4.78, 5) is 15.0. The molecule has 1 fully saturated rings. The molecule has 1 aliphatic heterocycles. The lowest BCUT2D eigenvalue weighted by Crippen LogP contribution is -2.36. The average Bonchev–Trinajstić information content (AvgIpc) is 2.68. The van der Waals surface area contributed by atoms with Gasteiger partial charge in [-0.3, -0.25) is 4.79 Å². The van der Waals surface area contributed by atoms with Crippen molar-refractivity contribution >= 4 is 5.91 Å². The SMILES string of the molecule is Cc1ccc([C@H](CC(=O)N2CCCCC2)c2ccc(OC(C)C)cc2)cc1. The highest BCUT2D eigenvalue weighted by Crippen LogP contribution is 2.31. The van der Waals surface area contributed by atoms with Crippen molar-refractivity contribution in [2.45, 2.75) is 58.5 Å². The second-order valence-corrected chi connectivity index (χ2v) is 7.84. The number of hydrogen-bond acceptors (Lipinski definition) is 2. The zero-order chi connectivity index (χ0) is 19.2. The number of ether oxygens (including phenoxy) is 1. The van der Waals surface area contributed by atoms with Crippen molar-refractivity contribution in [3.05, 3.63) is 65.2 Å². The maximum absolute atomic E-state index is 12.9. The van der Waals surface area contributed by atoms with Crippen LogP contribution in [0.3, 0.4) is 0 Å². The first-order chi connectivity index (χ1) is 13.0. The number of hydrogen-bond donors (Lipinski definition) is 0. The van der Waals surface area contributed by atoms with E-state index in [1.165, 1.54) is 23.1 Å². The number of benzene rings is 2. The Morgan fingerprint density at radius 1 is 0.926 bits per heavy atom. The maximum atomic E-state index is 12.9. The molecule has 2 aromatic rings. The van der Waals surface area contributed by atoms with E-state index in [4.69, 9.17) is 4.74 Å². The Kier molecular flexibility index (Phi) is 6.54. The van der Waals surface area contributed by atoms with Crippen molar-refractivity contribution in [1.82, 2.24) is 4.90 Å². The molecule has 3 heteroatoms. The predicted molar refractivity (Wildman–Crippen MR) is 110 cm³/mol. The molecular formula is C24H31NO2. The Morgan fingerprint density at radius 3 is 2.04 bits per heavy atom. The Morgan fingerprint density at radius 2 is 1.48 bits per heavy atom. The number of carbonyl (C=O) groups excluding carboxylic acids is 1. The van der Waals surface area contributed by atoms with E-state index in [2.05, 4.69) is 43.3 Å². The van der Waals surface area contributed by atoms with Crippen LogP contribution in [-0.2, 0) is 4.79 Å². The van der Waals surface area contributed by atoms with E-state index in [0.29, 0.717) is 6.42 Å². The van der Waals surface area contributed by atoms with Crippen molar-refractivity contribution in [1.29, 1.82) is 0 Å². The molecule has 0 aliphatic carbocycles. The minimum atomic E-state index is 0.0770. The van der Waals surface area contributed by atoms with E-state index in [9.17, 15) is 4.79 Å². The molecule has 0 bridgehead atoms. The molecule has 1 saturated heterocycles. The zero-order valence-electron chi connectivity index (χ0n) is 16.8. The molecule has 0 unspecified atom stereocenters. The molecule has 1 aliphatic rings. The molecule has 144 valence electrons. The molecule has 0 saturated carbocycles. The molecule has 27 heavy (non-hydrogen) atoms. The summed E-state index contributed by atoms with van der Waals surface area (Å²) >= 11 is 0. The largest absolute Gasteiger partial charge is 0.491 e. The third-order valence-electron chi connectivity index (χ3n) is 5.22. The lowest BCUT2D eigenvalue weighted by atomic mass is 9.87. The Hall–Kier alpha value is -2.29. The van der Waals surface area contributed by atoms with Crippen LogP contribution < -0.4 is 4.74 Å². The van der Waals surface area contributed by atoms with Gasteiger partial charge in [-0.2, -0.15) is 0 Å². The Labute approximate surface area is 163 Å². The van der Waals surface area contributed by atoms with Gasteiger partial charge in [0.2, 0.25) is 5.91 Å². The third-order valence-corrected chi connectivity index (χ3v) is 5.22. The van der Waals surface area contributed by atoms with Gasteiger partial charge in [0.05, 0.1) is 6.10 Å². The molecule has 0 radical (unpaired) electrons. The summed E-state index contributed by atoms with van der Waals surface area (Å²) in [6, 6.07) is 16.8. The van der Waals surface area contributed by atoms with E-state index in [-0.39, 0.29) is 17.9 Å². The van der Waals surface area contributed by atoms with E-state index in [1.807, 2.05) is 30.9 Å². The van der Waals surface area contributed by atoms with Crippen LogP contribution in [0, 0.1) is 6.92 Å². The van der Waals surface area contributed by atoms with Gasteiger partial charge in [-0.05, 0) is 63.3 Å². The van der Waals surface area contributed by atoms with Gasteiger partial charge in [-0.25, -0.2) is 0 Å². The summed E-state index contributed by atoms with van der Waals surface area (Å²) in [5.41, 5.74) is 3.60. The van der Waals surface area contributed by atoms with Gasteiger partial charge in [0.15, 0.2) is 0 Å². The second kappa shape index (κ2) is 9.07. The Bertz CT molecular complexity index is 728. The summed E-state index contributed by atoms with van der Waals surface area (Å²) in [7, 11) is 0. The summed E-state index contributed by atoms with van der Waals surface area (Å²) < 4.78 is 5.77. The molecule has 3 rings (SSSR count). The number of nitrogens with zero attached hydrogens (tertiary/aromatic N) is 1. The zero-order valence-corrected chi connectivity index (χ0v) is 16.8. The molecule has 2 aromatic carbocycles. The fourth-order valence-corrected chi connectivity index (χ4v) is 3.72. The highest BCUT2D eigenvalue weighted by Gasteiger charge is 2.23. The van der Waals surface area contributed by atoms with Gasteiger partial charge in [0.25, 0.3) is 0 Å². The van der Waals surface area contributed by atoms with Gasteiger partial charge in [0.1, 0.15) is 5.75 Å². The maximum Gasteiger partial charge on any atom is 0.223 e. The van der Waals surface area contributed by atoms with Crippen molar-refractivity contribution in [3.63, 3.8) is 0 Å². The number of aryl methyl sites for hydroxylation is 1. The summed E-state index contributed by atoms with van der Waals surface area (Å²) in [5.74, 6) is 1.22. The molecule has 1 atom stereocenters. The van der Waals surface area contributed by atoms with Crippen molar-refractivity contribution in [2.24, 2.45) is 0 Å². The lowest BCUT2D eigenvalue weighted by molar-refractivity contribution is -0.132. The second-order valence-electron chi connectivity index (χ2n) is 7.84. The van der Waals surface area contributed by atoms with Gasteiger partial charge in [-0.1, -0.05) is 42.0 Å². The average molecular weight is 366 g/mol. The Balaban J connectivity index is 1.83. The van der Waals surface area contributed by atoms with Gasteiger partial charge in [0, 0.05) is 25.4 Å². The standard InChI is InChI=1S/C24H31NO2/c1-18(2)27-22-13-11-21(12-14-22)23(20-9-7-19(3)8-10-20)17-24(26)25-15-5-4-6-16-25/h7-14,18,23H,4-6,15-17H2,1-3H3/t23-/m0/s1. The summed E-state index contributed by atoms with van der Waals surface area (Å²) in [5, 5.41) is 0. The monoisotopic (exact) mass is 365 g/mol. The van der Waals surface area contributed by atoms with Crippen LogP contribution in [0.1, 0.15) is 62.1 Å². The van der Waals surface area contributed by atoms with Gasteiger partial charge in [-0.15, -0.1) is 0 Å². The van der Waals surface area contributed by atoms with Crippen molar-refractivity contribution in [2.75, 3.05) is 13.1 Å². The normalized spacial score (nSPS) is 15.6. The number of amides is 1. The van der Waals surface area contributed by atoms with Crippen LogP contribution >= 0.6 is 0 Å². The van der Waals surface area contributed by atoms with E-state index in [1.54, 1.807) is 0 Å². The minimum absolute atomic E-state index is 0.0770. The molecular weight excluding hydrogens is 334 g/mol. The molecule has 0 aromatic heterocycles. The first-order valence-corrected chi connectivity index (χ1v) is 10.1. The number of likely N-dealkylation sites (tertiary alicyclic amines) is 1. The molecule has 3 nitrogen and oxygen atoms in total. The van der Waals surface area contributed by atoms with E-state index in [0.717, 1.165) is 31.7 Å². The van der Waals surface area contributed by atoms with Crippen LogP contribution in [0.15, 0.2) is 48.5 Å². The lowest BCUT2D eigenvalue weighted by Gasteiger charge is -2.29. The van der Waals surface area contributed by atoms with Crippen LogP contribution in [-0.4, -0.2) is 30.0 Å². The fourth-order valence-electron chi connectivity index (χ4n) is 3.72. The number of rotatable bonds is 6. The minimum Gasteiger partial charge on any atom is -0.491 e. The van der Waals surface area contributed by atoms with Crippen LogP contribution in [0.2, 0.25) is 0 Å². The smallest absolute Gasteiger partial charge is 0.223 e. The van der Waals surface area contributed by atoms with E-state index < -0.39 is 0 Å². The summed E-state index contributed by atoms with van der Waals surface area (Å²) in [6.07, 6.45) is 4.17. The molecule has 0 N–H and O–H groups in total. The van der Waals surface area contributed by atoms with Crippen LogP contribution in [0.4, 0.5) is 0 Å². The fraction of sp³-hybridized carbons (Fsp3) is 0.458. The topological polar surface area (TPSA) is 29.5 Å². The first kappa shape index (κ1) is 19.5. The quantitative estimate of drug-likeness (QED) is 0.694. The van der Waals surface area contributed by atoms with Crippen LogP contribution in [0.25, 0.3) is 0 Å². The highest BCUT2D eigenvalue weighted by molar-refractivity contribution is 5.78. The highest BCUT2D eigenvalue weighted by atomic mass is 16.5. The number of piperidine rings is 1. The first-order valence-electron chi connectivity index (χ1n) is 10.1.